The normalized spacial score (nSPS) is 19.5. The van der Waals surface area contributed by atoms with Crippen LogP contribution >= 0.6 is 7.82 Å². The van der Waals surface area contributed by atoms with Crippen molar-refractivity contribution in [1.82, 2.24) is 0 Å². The fourth-order valence-corrected chi connectivity index (χ4v) is 1.19. The molecule has 4 atom stereocenters. The van der Waals surface area contributed by atoms with E-state index in [0.717, 1.165) is 6.92 Å². The second kappa shape index (κ2) is 6.53. The molecule has 0 aromatic carbocycles. The lowest BCUT2D eigenvalue weighted by Crippen LogP contribution is -2.47. The Morgan fingerprint density at radius 1 is 1.18 bits per heavy atom. The molecule has 0 aromatic heterocycles. The summed E-state index contributed by atoms with van der Waals surface area (Å²) < 4.78 is 14.1. The summed E-state index contributed by atoms with van der Waals surface area (Å²) in [6.07, 6.45) is -7.27. The van der Waals surface area contributed by atoms with Crippen LogP contribution in [0.5, 0.6) is 0 Å². The monoisotopic (exact) mass is 274 g/mol. The molecule has 0 saturated heterocycles. The Hall–Kier alpha value is -0.380. The molecular weight excluding hydrogens is 259 g/mol. The van der Waals surface area contributed by atoms with E-state index >= 15 is 0 Å². The first-order valence-electron chi connectivity index (χ1n) is 4.51. The van der Waals surface area contributed by atoms with E-state index in [1.54, 1.807) is 0 Å². The van der Waals surface area contributed by atoms with Gasteiger partial charge in [0.05, 0.1) is 6.10 Å². The third-order valence-corrected chi connectivity index (χ3v) is 2.34. The van der Waals surface area contributed by atoms with Gasteiger partial charge in [0.15, 0.2) is 5.78 Å². The van der Waals surface area contributed by atoms with Crippen LogP contribution in [-0.2, 0) is 13.9 Å². The Kier molecular flexibility index (Phi) is 6.38. The van der Waals surface area contributed by atoms with Crippen LogP contribution in [-0.4, -0.2) is 67.0 Å². The lowest BCUT2D eigenvalue weighted by molar-refractivity contribution is -0.146. The van der Waals surface area contributed by atoms with Gasteiger partial charge in [-0.25, -0.2) is 4.57 Å². The smallest absolute Gasteiger partial charge is 0.391 e. The molecule has 17 heavy (non-hydrogen) atoms. The number of rotatable bonds is 7. The molecule has 6 N–H and O–H groups in total. The van der Waals surface area contributed by atoms with Gasteiger partial charge in [-0.2, -0.15) is 0 Å². The van der Waals surface area contributed by atoms with Crippen molar-refractivity contribution in [3.8, 4) is 0 Å². The molecule has 2 unspecified atom stereocenters. The molecule has 0 heterocycles. The van der Waals surface area contributed by atoms with E-state index in [1.807, 2.05) is 0 Å². The van der Waals surface area contributed by atoms with Crippen LogP contribution in [0.3, 0.4) is 0 Å². The van der Waals surface area contributed by atoms with E-state index in [-0.39, 0.29) is 0 Å². The number of aliphatic hydroxyl groups excluding tert-OH is 4. The largest absolute Gasteiger partial charge is 0.470 e. The fourth-order valence-electron chi connectivity index (χ4n) is 0.896. The maximum atomic E-state index is 11.1. The van der Waals surface area contributed by atoms with E-state index in [2.05, 4.69) is 4.52 Å². The van der Waals surface area contributed by atoms with E-state index in [1.165, 1.54) is 0 Å². The first-order valence-corrected chi connectivity index (χ1v) is 6.04. The average Bonchev–Trinajstić information content (AvgIpc) is 2.21. The Morgan fingerprint density at radius 3 is 2.00 bits per heavy atom. The van der Waals surface area contributed by atoms with Gasteiger partial charge in [-0.3, -0.25) is 9.32 Å². The first-order chi connectivity index (χ1) is 7.56. The lowest BCUT2D eigenvalue weighted by atomic mass is 10.0. The van der Waals surface area contributed by atoms with Crippen LogP contribution in [0.1, 0.15) is 6.92 Å². The number of hydrogen-bond acceptors (Lipinski definition) is 7. The van der Waals surface area contributed by atoms with Crippen molar-refractivity contribution in [2.45, 2.75) is 31.3 Å². The molecule has 0 aliphatic carbocycles. The zero-order valence-electron chi connectivity index (χ0n) is 8.87. The van der Waals surface area contributed by atoms with E-state index in [9.17, 15) is 19.6 Å². The summed E-state index contributed by atoms with van der Waals surface area (Å²) in [5, 5.41) is 36.5. The summed E-state index contributed by atoms with van der Waals surface area (Å²) in [7, 11) is -4.86. The summed E-state index contributed by atoms with van der Waals surface area (Å²) in [6, 6.07) is 0. The number of phosphoric ester groups is 1. The highest BCUT2D eigenvalue weighted by molar-refractivity contribution is 7.46. The molecule has 0 radical (unpaired) electrons. The summed E-state index contributed by atoms with van der Waals surface area (Å²) in [4.78, 5) is 27.7. The van der Waals surface area contributed by atoms with Crippen LogP contribution in [0.4, 0.5) is 0 Å². The summed E-state index contributed by atoms with van der Waals surface area (Å²) >= 11 is 0. The Bertz CT molecular complexity index is 298. The number of hydrogen-bond donors (Lipinski definition) is 6. The van der Waals surface area contributed by atoms with E-state index < -0.39 is 44.6 Å². The van der Waals surface area contributed by atoms with Crippen LogP contribution in [0.25, 0.3) is 0 Å². The van der Waals surface area contributed by atoms with E-state index in [0.29, 0.717) is 0 Å². The van der Waals surface area contributed by atoms with Crippen molar-refractivity contribution in [3.63, 3.8) is 0 Å². The molecule has 0 aliphatic heterocycles. The minimum atomic E-state index is -4.86. The lowest BCUT2D eigenvalue weighted by Gasteiger charge is -2.23. The van der Waals surface area contributed by atoms with Crippen molar-refractivity contribution in [2.75, 3.05) is 6.61 Å². The average molecular weight is 274 g/mol. The van der Waals surface area contributed by atoms with Crippen molar-refractivity contribution >= 4 is 13.6 Å². The maximum Gasteiger partial charge on any atom is 0.470 e. The van der Waals surface area contributed by atoms with Crippen LogP contribution in [0.15, 0.2) is 0 Å². The van der Waals surface area contributed by atoms with Gasteiger partial charge in [0.1, 0.15) is 24.9 Å². The topological polar surface area (TPSA) is 165 Å². The number of carbonyl (C=O) groups is 1. The fraction of sp³-hybridized carbons (Fsp3) is 0.857. The Morgan fingerprint density at radius 2 is 1.65 bits per heavy atom. The highest BCUT2D eigenvalue weighted by atomic mass is 31.2. The van der Waals surface area contributed by atoms with Crippen molar-refractivity contribution in [3.05, 3.63) is 0 Å². The molecule has 0 fully saturated rings. The summed E-state index contributed by atoms with van der Waals surface area (Å²) in [6.45, 7) is -0.00768. The number of phosphoric acid groups is 1. The predicted octanol–water partition coefficient (Wildman–Crippen LogP) is -2.87. The van der Waals surface area contributed by atoms with Crippen LogP contribution in [0.2, 0.25) is 0 Å². The third-order valence-electron chi connectivity index (χ3n) is 1.87. The zero-order chi connectivity index (χ0) is 13.8. The SMILES string of the molecule is C[C@@H](O)[C@H](O)C(O)C(O)C(=O)COP(=O)(O)O. The molecule has 0 bridgehead atoms. The van der Waals surface area contributed by atoms with Crippen molar-refractivity contribution in [1.29, 1.82) is 0 Å². The number of carbonyl (C=O) groups excluding carboxylic acids is 1. The third kappa shape index (κ3) is 6.20. The van der Waals surface area contributed by atoms with Gasteiger partial charge in [-0.05, 0) is 6.92 Å². The van der Waals surface area contributed by atoms with Crippen LogP contribution in [0, 0.1) is 0 Å². The highest BCUT2D eigenvalue weighted by Gasteiger charge is 2.33. The standard InChI is InChI=1S/C7H15O9P/c1-3(8)5(10)7(12)6(11)4(9)2-16-17(13,14)15/h3,5-8,10-12H,2H2,1H3,(H2,13,14,15)/t3-,5+,6?,7?/m1/s1. The number of ketones is 1. The van der Waals surface area contributed by atoms with Gasteiger partial charge in [0, 0.05) is 0 Å². The second-order valence-electron chi connectivity index (χ2n) is 3.40. The molecule has 0 aromatic rings. The van der Waals surface area contributed by atoms with Crippen molar-refractivity contribution in [2.24, 2.45) is 0 Å². The Labute approximate surface area is 96.5 Å². The van der Waals surface area contributed by atoms with Gasteiger partial charge in [-0.1, -0.05) is 0 Å². The molecule has 0 rings (SSSR count). The molecule has 10 heteroatoms. The quantitative estimate of drug-likeness (QED) is 0.267. The van der Waals surface area contributed by atoms with Gasteiger partial charge in [-0.15, -0.1) is 0 Å². The molecule has 102 valence electrons. The highest BCUT2D eigenvalue weighted by Crippen LogP contribution is 2.35. The van der Waals surface area contributed by atoms with Gasteiger partial charge in [0.25, 0.3) is 0 Å². The molecule has 0 aliphatic rings. The maximum absolute atomic E-state index is 11.1. The van der Waals surface area contributed by atoms with E-state index in [4.69, 9.17) is 20.0 Å². The molecule has 0 spiro atoms. The number of Topliss-reactive ketones (excluding diaryl/α,β-unsaturated/α-hetero) is 1. The second-order valence-corrected chi connectivity index (χ2v) is 4.64. The zero-order valence-corrected chi connectivity index (χ0v) is 9.77. The molecule has 9 nitrogen and oxygen atoms in total. The minimum Gasteiger partial charge on any atom is -0.391 e. The molecular formula is C7H15O9P. The Balaban J connectivity index is 4.35. The van der Waals surface area contributed by atoms with Crippen LogP contribution < -0.4 is 0 Å². The first kappa shape index (κ1) is 16.6. The predicted molar refractivity (Wildman–Crippen MR) is 52.7 cm³/mol. The summed E-state index contributed by atoms with van der Waals surface area (Å²) in [5.74, 6) is -1.24. The minimum absolute atomic E-state index is 1.12. The molecule has 0 saturated carbocycles. The summed E-state index contributed by atoms with van der Waals surface area (Å²) in [5.41, 5.74) is 0. The van der Waals surface area contributed by atoms with Gasteiger partial charge >= 0.3 is 7.82 Å². The van der Waals surface area contributed by atoms with Gasteiger partial charge in [0.2, 0.25) is 0 Å². The molecule has 0 amide bonds. The van der Waals surface area contributed by atoms with Crippen molar-refractivity contribution < 1.29 is 44.1 Å². The van der Waals surface area contributed by atoms with Gasteiger partial charge < -0.3 is 30.2 Å². The number of aliphatic hydroxyl groups is 4.